The van der Waals surface area contributed by atoms with Crippen molar-refractivity contribution >= 4 is 17.4 Å². The van der Waals surface area contributed by atoms with Gasteiger partial charge in [0, 0.05) is 19.2 Å². The van der Waals surface area contributed by atoms with Crippen LogP contribution in [0.15, 0.2) is 24.3 Å². The third-order valence-corrected chi connectivity index (χ3v) is 3.67. The Morgan fingerprint density at radius 3 is 2.56 bits per heavy atom. The molecule has 0 saturated heterocycles. The van der Waals surface area contributed by atoms with Gasteiger partial charge in [-0.1, -0.05) is 32.0 Å². The van der Waals surface area contributed by atoms with Crippen molar-refractivity contribution in [3.8, 4) is 0 Å². The molecule has 18 heavy (non-hydrogen) atoms. The van der Waals surface area contributed by atoms with Crippen molar-refractivity contribution in [1.29, 1.82) is 0 Å². The third kappa shape index (κ3) is 1.94. The van der Waals surface area contributed by atoms with Gasteiger partial charge in [0.25, 0.3) is 0 Å². The average Bonchev–Trinajstić information content (AvgIpc) is 2.51. The molecule has 96 valence electrons. The van der Waals surface area contributed by atoms with E-state index in [1.807, 2.05) is 38.1 Å². The highest BCUT2D eigenvalue weighted by Gasteiger charge is 2.44. The maximum atomic E-state index is 12.4. The lowest BCUT2D eigenvalue weighted by molar-refractivity contribution is -0.123. The molecule has 1 amide bonds. The van der Waals surface area contributed by atoms with Crippen LogP contribution < -0.4 is 4.90 Å². The molecule has 1 atom stereocenters. The maximum absolute atomic E-state index is 12.4. The van der Waals surface area contributed by atoms with Gasteiger partial charge in [0.05, 0.1) is 5.92 Å². The van der Waals surface area contributed by atoms with Gasteiger partial charge in [-0.25, -0.2) is 0 Å². The Morgan fingerprint density at radius 1 is 1.33 bits per heavy atom. The first-order chi connectivity index (χ1) is 8.34. The third-order valence-electron chi connectivity index (χ3n) is 3.67. The van der Waals surface area contributed by atoms with Crippen LogP contribution in [-0.2, 0) is 9.59 Å². The molecule has 2 rings (SSSR count). The van der Waals surface area contributed by atoms with Crippen LogP contribution in [0.1, 0.15) is 38.7 Å². The molecule has 0 N–H and O–H groups in total. The number of Topliss-reactive ketones (excluding diaryl/α,β-unsaturated/α-hetero) is 1. The lowest BCUT2D eigenvalue weighted by Crippen LogP contribution is -2.33. The zero-order valence-electron chi connectivity index (χ0n) is 11.4. The van der Waals surface area contributed by atoms with E-state index in [1.54, 1.807) is 18.9 Å². The number of para-hydroxylation sites is 1. The number of nitrogens with zero attached hydrogens (tertiary/aromatic N) is 1. The second kappa shape index (κ2) is 4.23. The molecule has 1 aromatic rings. The number of carbonyl (C=O) groups excluding carboxylic acids is 2. The van der Waals surface area contributed by atoms with Gasteiger partial charge in [-0.2, -0.15) is 0 Å². The second-order valence-electron chi connectivity index (χ2n) is 5.76. The van der Waals surface area contributed by atoms with Crippen LogP contribution in [0.4, 0.5) is 5.69 Å². The van der Waals surface area contributed by atoms with Crippen molar-refractivity contribution < 1.29 is 9.59 Å². The van der Waals surface area contributed by atoms with Crippen molar-refractivity contribution in [1.82, 2.24) is 0 Å². The molecule has 0 aliphatic carbocycles. The van der Waals surface area contributed by atoms with Gasteiger partial charge in [-0.3, -0.25) is 4.79 Å². The van der Waals surface area contributed by atoms with E-state index in [0.29, 0.717) is 6.42 Å². The second-order valence-corrected chi connectivity index (χ2v) is 5.76. The minimum Gasteiger partial charge on any atom is -0.315 e. The Hall–Kier alpha value is -1.64. The summed E-state index contributed by atoms with van der Waals surface area (Å²) in [7, 11) is 1.80. The van der Waals surface area contributed by atoms with Crippen LogP contribution in [0, 0.1) is 5.41 Å². The summed E-state index contributed by atoms with van der Waals surface area (Å²) in [6, 6.07) is 7.82. The van der Waals surface area contributed by atoms with Crippen LogP contribution in [0.3, 0.4) is 0 Å². The van der Waals surface area contributed by atoms with Gasteiger partial charge in [0.15, 0.2) is 0 Å². The highest BCUT2D eigenvalue weighted by Crippen LogP contribution is 2.47. The van der Waals surface area contributed by atoms with E-state index in [2.05, 4.69) is 0 Å². The topological polar surface area (TPSA) is 37.4 Å². The van der Waals surface area contributed by atoms with Gasteiger partial charge in [0.2, 0.25) is 5.91 Å². The summed E-state index contributed by atoms with van der Waals surface area (Å²) < 4.78 is 0. The number of hydrogen-bond donors (Lipinski definition) is 0. The molecule has 1 aliphatic rings. The van der Waals surface area contributed by atoms with Crippen molar-refractivity contribution in [3.63, 3.8) is 0 Å². The fourth-order valence-electron chi connectivity index (χ4n) is 2.98. The first kappa shape index (κ1) is 12.8. The zero-order valence-corrected chi connectivity index (χ0v) is 11.4. The SMILES string of the molecule is CC(=O)CC(C)(C)C1C(=O)N(C)c2ccccc21. The Morgan fingerprint density at radius 2 is 1.94 bits per heavy atom. The van der Waals surface area contributed by atoms with Crippen molar-refractivity contribution in [2.45, 2.75) is 33.1 Å². The highest BCUT2D eigenvalue weighted by atomic mass is 16.2. The number of carbonyl (C=O) groups is 2. The first-order valence-electron chi connectivity index (χ1n) is 6.20. The van der Waals surface area contributed by atoms with E-state index < -0.39 is 0 Å². The molecule has 1 aliphatic heterocycles. The van der Waals surface area contributed by atoms with E-state index in [4.69, 9.17) is 0 Å². The fourth-order valence-corrected chi connectivity index (χ4v) is 2.98. The van der Waals surface area contributed by atoms with Gasteiger partial charge in [0.1, 0.15) is 5.78 Å². The molecule has 1 unspecified atom stereocenters. The minimum atomic E-state index is -0.343. The number of likely N-dealkylation sites (N-methyl/N-ethyl adjacent to an activating group) is 1. The molecule has 3 nitrogen and oxygen atoms in total. The summed E-state index contributed by atoms with van der Waals surface area (Å²) in [6.07, 6.45) is 0.422. The van der Waals surface area contributed by atoms with Crippen LogP contribution in [-0.4, -0.2) is 18.7 Å². The minimum absolute atomic E-state index is 0.0856. The normalized spacial score (nSPS) is 19.0. The standard InChI is InChI=1S/C15H19NO2/c1-10(17)9-15(2,3)13-11-7-5-6-8-12(11)16(4)14(13)18/h5-8,13H,9H2,1-4H3. The van der Waals surface area contributed by atoms with Crippen LogP contribution in [0.25, 0.3) is 0 Å². The van der Waals surface area contributed by atoms with Crippen LogP contribution in [0.5, 0.6) is 0 Å². The molecule has 0 bridgehead atoms. The van der Waals surface area contributed by atoms with Crippen molar-refractivity contribution in [2.24, 2.45) is 5.41 Å². The number of fused-ring (bicyclic) bond motifs is 1. The molecule has 1 aromatic carbocycles. The number of benzene rings is 1. The molecule has 3 heteroatoms. The van der Waals surface area contributed by atoms with Gasteiger partial charge >= 0.3 is 0 Å². The zero-order chi connectivity index (χ0) is 13.5. The van der Waals surface area contributed by atoms with Crippen LogP contribution >= 0.6 is 0 Å². The van der Waals surface area contributed by atoms with E-state index in [1.165, 1.54) is 0 Å². The van der Waals surface area contributed by atoms with E-state index in [0.717, 1.165) is 11.3 Å². The van der Waals surface area contributed by atoms with E-state index in [-0.39, 0.29) is 23.0 Å². The summed E-state index contributed by atoms with van der Waals surface area (Å²) in [6.45, 7) is 5.57. The lowest BCUT2D eigenvalue weighted by Gasteiger charge is -2.29. The quantitative estimate of drug-likeness (QED) is 0.821. The molecule has 0 spiro atoms. The Labute approximate surface area is 108 Å². The number of ketones is 1. The molecular formula is C15H19NO2. The number of amides is 1. The van der Waals surface area contributed by atoms with Gasteiger partial charge in [-0.15, -0.1) is 0 Å². The summed E-state index contributed by atoms with van der Waals surface area (Å²) in [5.74, 6) is -0.00937. The van der Waals surface area contributed by atoms with E-state index in [9.17, 15) is 9.59 Å². The predicted octanol–water partition coefficient (Wildman–Crippen LogP) is 2.75. The Kier molecular flexibility index (Phi) is 3.01. The Balaban J connectivity index is 2.46. The van der Waals surface area contributed by atoms with Crippen LogP contribution in [0.2, 0.25) is 0 Å². The predicted molar refractivity (Wildman–Crippen MR) is 71.7 cm³/mol. The summed E-state index contributed by atoms with van der Waals surface area (Å²) in [5.41, 5.74) is 1.66. The molecule has 1 heterocycles. The molecule has 0 radical (unpaired) electrons. The molecule has 0 saturated carbocycles. The van der Waals surface area contributed by atoms with E-state index >= 15 is 0 Å². The maximum Gasteiger partial charge on any atom is 0.234 e. The largest absolute Gasteiger partial charge is 0.315 e. The smallest absolute Gasteiger partial charge is 0.234 e. The lowest BCUT2D eigenvalue weighted by atomic mass is 9.72. The monoisotopic (exact) mass is 245 g/mol. The number of anilines is 1. The first-order valence-corrected chi connectivity index (χ1v) is 6.20. The average molecular weight is 245 g/mol. The van der Waals surface area contributed by atoms with Gasteiger partial charge < -0.3 is 9.69 Å². The highest BCUT2D eigenvalue weighted by molar-refractivity contribution is 6.05. The summed E-state index contributed by atoms with van der Waals surface area (Å²) in [4.78, 5) is 25.5. The molecule has 0 fully saturated rings. The molecular weight excluding hydrogens is 226 g/mol. The molecule has 0 aromatic heterocycles. The summed E-state index contributed by atoms with van der Waals surface area (Å²) >= 11 is 0. The fraction of sp³-hybridized carbons (Fsp3) is 0.467. The van der Waals surface area contributed by atoms with Crippen molar-refractivity contribution in [3.05, 3.63) is 29.8 Å². The summed E-state index contributed by atoms with van der Waals surface area (Å²) in [5, 5.41) is 0. The number of rotatable bonds is 3. The Bertz CT molecular complexity index is 505. The van der Waals surface area contributed by atoms with Gasteiger partial charge in [-0.05, 0) is 24.0 Å². The number of hydrogen-bond acceptors (Lipinski definition) is 2. The van der Waals surface area contributed by atoms with Crippen molar-refractivity contribution in [2.75, 3.05) is 11.9 Å².